The van der Waals surface area contributed by atoms with Crippen molar-refractivity contribution in [1.29, 1.82) is 0 Å². The highest BCUT2D eigenvalue weighted by molar-refractivity contribution is 6.20. The van der Waals surface area contributed by atoms with E-state index in [1.165, 1.54) is 12.1 Å². The Kier molecular flexibility index (Phi) is 4.25. The standard InChI is InChI=1S/C20H15N3O4/c24-18(27-23-19(25)16-8-4-5-9-17(16)20(23)26)11-10-14-12-21-22(13-14)15-6-2-1-3-7-15/h1-9,12-13H,10-11H2. The largest absolute Gasteiger partial charge is 0.333 e. The van der Waals surface area contributed by atoms with Gasteiger partial charge >= 0.3 is 5.97 Å². The molecule has 0 spiro atoms. The molecule has 0 saturated heterocycles. The summed E-state index contributed by atoms with van der Waals surface area (Å²) in [5.74, 6) is -1.90. The first-order chi connectivity index (χ1) is 13.1. The number of benzene rings is 2. The zero-order valence-electron chi connectivity index (χ0n) is 14.2. The highest BCUT2D eigenvalue weighted by Gasteiger charge is 2.38. The van der Waals surface area contributed by atoms with E-state index in [0.717, 1.165) is 11.3 Å². The molecule has 4 rings (SSSR count). The third-order valence-corrected chi connectivity index (χ3v) is 4.22. The fourth-order valence-corrected chi connectivity index (χ4v) is 2.86. The van der Waals surface area contributed by atoms with Gasteiger partial charge in [0.1, 0.15) is 0 Å². The Morgan fingerprint density at radius 1 is 0.926 bits per heavy atom. The van der Waals surface area contributed by atoms with Crippen LogP contribution in [0.15, 0.2) is 67.0 Å². The van der Waals surface area contributed by atoms with Crippen LogP contribution in [0.5, 0.6) is 0 Å². The normalized spacial score (nSPS) is 13.0. The van der Waals surface area contributed by atoms with Gasteiger partial charge in [0, 0.05) is 6.20 Å². The number of fused-ring (bicyclic) bond motifs is 1. The zero-order valence-corrected chi connectivity index (χ0v) is 14.2. The average Bonchev–Trinajstić information content (AvgIpc) is 3.27. The van der Waals surface area contributed by atoms with E-state index in [9.17, 15) is 14.4 Å². The lowest BCUT2D eigenvalue weighted by Gasteiger charge is -2.12. The van der Waals surface area contributed by atoms with Crippen LogP contribution in [-0.4, -0.2) is 32.6 Å². The topological polar surface area (TPSA) is 81.5 Å². The second-order valence-corrected chi connectivity index (χ2v) is 6.04. The summed E-state index contributed by atoms with van der Waals surface area (Å²) in [4.78, 5) is 41.5. The highest BCUT2D eigenvalue weighted by Crippen LogP contribution is 2.23. The van der Waals surface area contributed by atoms with Crippen LogP contribution >= 0.6 is 0 Å². The summed E-state index contributed by atoms with van der Waals surface area (Å²) in [7, 11) is 0. The molecule has 3 aromatic rings. The molecule has 0 bridgehead atoms. The fraction of sp³-hybridized carbons (Fsp3) is 0.100. The lowest BCUT2D eigenvalue weighted by molar-refractivity contribution is -0.168. The molecule has 0 N–H and O–H groups in total. The van der Waals surface area contributed by atoms with Crippen LogP contribution in [0.2, 0.25) is 0 Å². The number of hydrogen-bond donors (Lipinski definition) is 0. The van der Waals surface area contributed by atoms with Crippen LogP contribution < -0.4 is 0 Å². The summed E-state index contributed by atoms with van der Waals surface area (Å²) in [6, 6.07) is 16.0. The van der Waals surface area contributed by atoms with Crippen molar-refractivity contribution < 1.29 is 19.2 Å². The smallest absolute Gasteiger partial charge is 0.330 e. The molecule has 0 atom stereocenters. The van der Waals surface area contributed by atoms with Gasteiger partial charge in [-0.3, -0.25) is 9.59 Å². The number of imide groups is 1. The SMILES string of the molecule is O=C(CCc1cnn(-c2ccccc2)c1)ON1C(=O)c2ccccc2C1=O. The first-order valence-electron chi connectivity index (χ1n) is 8.41. The van der Waals surface area contributed by atoms with Gasteiger partial charge in [-0.05, 0) is 36.2 Å². The Morgan fingerprint density at radius 2 is 1.56 bits per heavy atom. The van der Waals surface area contributed by atoms with Crippen molar-refractivity contribution >= 4 is 17.8 Å². The van der Waals surface area contributed by atoms with Crippen molar-refractivity contribution in [2.24, 2.45) is 0 Å². The summed E-state index contributed by atoms with van der Waals surface area (Å²) < 4.78 is 1.71. The predicted octanol–water partition coefficient (Wildman–Crippen LogP) is 2.56. The third kappa shape index (κ3) is 3.22. The molecule has 0 aliphatic carbocycles. The van der Waals surface area contributed by atoms with E-state index in [0.29, 0.717) is 11.5 Å². The van der Waals surface area contributed by atoms with E-state index < -0.39 is 17.8 Å². The Balaban J connectivity index is 1.37. The van der Waals surface area contributed by atoms with Gasteiger partial charge in [0.2, 0.25) is 0 Å². The van der Waals surface area contributed by atoms with Crippen molar-refractivity contribution in [3.05, 3.63) is 83.7 Å². The number of rotatable bonds is 5. The molecule has 1 aliphatic heterocycles. The van der Waals surface area contributed by atoms with E-state index in [2.05, 4.69) is 5.10 Å². The number of hydroxylamine groups is 2. The Morgan fingerprint density at radius 3 is 2.22 bits per heavy atom. The number of hydrogen-bond acceptors (Lipinski definition) is 5. The van der Waals surface area contributed by atoms with Gasteiger partial charge in [-0.2, -0.15) is 5.10 Å². The number of carbonyl (C=O) groups is 3. The summed E-state index contributed by atoms with van der Waals surface area (Å²) in [5.41, 5.74) is 2.23. The zero-order chi connectivity index (χ0) is 18.8. The van der Waals surface area contributed by atoms with E-state index in [1.807, 2.05) is 36.5 Å². The molecular weight excluding hydrogens is 346 g/mol. The van der Waals surface area contributed by atoms with E-state index in [-0.39, 0.29) is 17.5 Å². The fourth-order valence-electron chi connectivity index (χ4n) is 2.86. The molecule has 2 aromatic carbocycles. The molecule has 0 unspecified atom stereocenters. The minimum atomic E-state index is -0.656. The van der Waals surface area contributed by atoms with Gasteiger partial charge in [0.05, 0.1) is 29.4 Å². The molecule has 7 nitrogen and oxygen atoms in total. The Labute approximate surface area is 154 Å². The first kappa shape index (κ1) is 16.7. The van der Waals surface area contributed by atoms with Crippen molar-refractivity contribution in [1.82, 2.24) is 14.8 Å². The quantitative estimate of drug-likeness (QED) is 0.653. The number of nitrogens with zero attached hydrogens (tertiary/aromatic N) is 3. The summed E-state index contributed by atoms with van der Waals surface area (Å²) in [5, 5.41) is 4.79. The highest BCUT2D eigenvalue weighted by atomic mass is 16.7. The molecule has 0 radical (unpaired) electrons. The molecular formula is C20H15N3O4. The lowest BCUT2D eigenvalue weighted by Crippen LogP contribution is -2.32. The van der Waals surface area contributed by atoms with Crippen molar-refractivity contribution in [2.75, 3.05) is 0 Å². The first-order valence-corrected chi connectivity index (χ1v) is 8.41. The Bertz CT molecular complexity index is 991. The Hall–Kier alpha value is -3.74. The number of para-hydroxylation sites is 1. The maximum atomic E-state index is 12.2. The predicted molar refractivity (Wildman–Crippen MR) is 94.9 cm³/mol. The van der Waals surface area contributed by atoms with Gasteiger partial charge in [0.25, 0.3) is 11.8 Å². The van der Waals surface area contributed by atoms with Crippen LogP contribution in [0.25, 0.3) is 5.69 Å². The lowest BCUT2D eigenvalue weighted by atomic mass is 10.1. The van der Waals surface area contributed by atoms with Crippen LogP contribution in [0.4, 0.5) is 0 Å². The monoisotopic (exact) mass is 361 g/mol. The van der Waals surface area contributed by atoms with Gasteiger partial charge in [-0.25, -0.2) is 9.48 Å². The van der Waals surface area contributed by atoms with Gasteiger partial charge in [-0.15, -0.1) is 0 Å². The summed E-state index contributed by atoms with van der Waals surface area (Å²) >= 11 is 0. The maximum Gasteiger partial charge on any atom is 0.333 e. The number of carbonyl (C=O) groups excluding carboxylic acids is 3. The van der Waals surface area contributed by atoms with Gasteiger partial charge in [-0.1, -0.05) is 35.4 Å². The minimum Gasteiger partial charge on any atom is -0.330 e. The molecule has 1 aromatic heterocycles. The average molecular weight is 361 g/mol. The second kappa shape index (κ2) is 6.87. The maximum absolute atomic E-state index is 12.2. The number of aromatic nitrogens is 2. The van der Waals surface area contributed by atoms with Crippen molar-refractivity contribution in [3.63, 3.8) is 0 Å². The van der Waals surface area contributed by atoms with Crippen LogP contribution in [0.1, 0.15) is 32.7 Å². The molecule has 134 valence electrons. The second-order valence-electron chi connectivity index (χ2n) is 6.04. The van der Waals surface area contributed by atoms with Gasteiger partial charge < -0.3 is 4.84 Å². The van der Waals surface area contributed by atoms with E-state index in [4.69, 9.17) is 4.84 Å². The van der Waals surface area contributed by atoms with Crippen LogP contribution in [0.3, 0.4) is 0 Å². The molecule has 0 fully saturated rings. The molecule has 2 amide bonds. The third-order valence-electron chi connectivity index (χ3n) is 4.22. The van der Waals surface area contributed by atoms with E-state index in [1.54, 1.807) is 23.0 Å². The minimum absolute atomic E-state index is 0.0217. The molecule has 2 heterocycles. The molecule has 7 heteroatoms. The van der Waals surface area contributed by atoms with Gasteiger partial charge in [0.15, 0.2) is 0 Å². The van der Waals surface area contributed by atoms with Crippen molar-refractivity contribution in [3.8, 4) is 5.69 Å². The molecule has 0 saturated carbocycles. The van der Waals surface area contributed by atoms with Crippen LogP contribution in [-0.2, 0) is 16.1 Å². The molecule has 27 heavy (non-hydrogen) atoms. The van der Waals surface area contributed by atoms with E-state index >= 15 is 0 Å². The van der Waals surface area contributed by atoms with Crippen molar-refractivity contribution in [2.45, 2.75) is 12.8 Å². The summed E-state index contributed by atoms with van der Waals surface area (Å²) in [6.07, 6.45) is 3.90. The molecule has 1 aliphatic rings. The number of amides is 2. The summed E-state index contributed by atoms with van der Waals surface area (Å²) in [6.45, 7) is 0. The number of aryl methyl sites for hydroxylation is 1. The van der Waals surface area contributed by atoms with Crippen LogP contribution in [0, 0.1) is 0 Å².